The Morgan fingerprint density at radius 2 is 2.17 bits per heavy atom. The number of nitrogens with one attached hydrogen (secondary N) is 1. The van der Waals surface area contributed by atoms with E-state index in [0.29, 0.717) is 11.7 Å². The van der Waals surface area contributed by atoms with Crippen LogP contribution in [0.25, 0.3) is 0 Å². The quantitative estimate of drug-likeness (QED) is 0.586. The summed E-state index contributed by atoms with van der Waals surface area (Å²) in [4.78, 5) is 14.9. The van der Waals surface area contributed by atoms with Gasteiger partial charge in [0.05, 0.1) is 5.56 Å². The van der Waals surface area contributed by atoms with Crippen LogP contribution in [-0.4, -0.2) is 22.6 Å². The van der Waals surface area contributed by atoms with Gasteiger partial charge in [0.15, 0.2) is 0 Å². The van der Waals surface area contributed by atoms with Gasteiger partial charge in [-0.05, 0) is 24.5 Å². The number of carboxylic acid groups (broad SMARTS) is 1. The van der Waals surface area contributed by atoms with Crippen molar-refractivity contribution in [1.29, 1.82) is 0 Å². The first kappa shape index (κ1) is 14.8. The molecule has 2 N–H and O–H groups in total. The summed E-state index contributed by atoms with van der Waals surface area (Å²) in [6.07, 6.45) is 3.39. The van der Waals surface area contributed by atoms with Crippen LogP contribution in [0.5, 0.6) is 0 Å². The van der Waals surface area contributed by atoms with E-state index in [1.807, 2.05) is 0 Å². The zero-order chi connectivity index (χ0) is 13.5. The lowest BCUT2D eigenvalue weighted by molar-refractivity contribution is 0.0697. The Hall–Kier alpha value is -1.29. The summed E-state index contributed by atoms with van der Waals surface area (Å²) >= 11 is 5.76. The molecule has 1 heterocycles. The number of hydrogen-bond acceptors (Lipinski definition) is 3. The molecule has 100 valence electrons. The van der Waals surface area contributed by atoms with Crippen LogP contribution in [0.15, 0.2) is 12.1 Å². The molecule has 0 aliphatic carbocycles. The summed E-state index contributed by atoms with van der Waals surface area (Å²) in [5.74, 6) is 0.236. The van der Waals surface area contributed by atoms with Crippen LogP contribution in [0.1, 0.15) is 43.5 Å². The molecule has 0 spiro atoms. The zero-order valence-electron chi connectivity index (χ0n) is 10.7. The molecule has 5 heteroatoms. The van der Waals surface area contributed by atoms with Gasteiger partial charge in [-0.15, -0.1) is 0 Å². The maximum absolute atomic E-state index is 10.8. The molecule has 0 aliphatic heterocycles. The Labute approximate surface area is 112 Å². The number of carbonyl (C=O) groups is 1. The largest absolute Gasteiger partial charge is 0.478 e. The van der Waals surface area contributed by atoms with E-state index in [4.69, 9.17) is 16.7 Å². The molecule has 0 radical (unpaired) electrons. The third-order valence-corrected chi connectivity index (χ3v) is 2.75. The minimum absolute atomic E-state index is 0.152. The highest BCUT2D eigenvalue weighted by Gasteiger charge is 2.07. The van der Waals surface area contributed by atoms with Crippen LogP contribution in [0.2, 0.25) is 5.15 Å². The molecule has 1 rings (SSSR count). The number of aromatic nitrogens is 1. The van der Waals surface area contributed by atoms with Crippen LogP contribution < -0.4 is 5.32 Å². The number of halogens is 1. The van der Waals surface area contributed by atoms with E-state index in [2.05, 4.69) is 24.1 Å². The topological polar surface area (TPSA) is 62.2 Å². The molecule has 0 saturated carbocycles. The molecule has 0 saturated heterocycles. The molecular weight excluding hydrogens is 252 g/mol. The maximum atomic E-state index is 10.8. The van der Waals surface area contributed by atoms with Crippen LogP contribution in [0.4, 0.5) is 5.82 Å². The van der Waals surface area contributed by atoms with Crippen LogP contribution >= 0.6 is 11.6 Å². The average Bonchev–Trinajstić information content (AvgIpc) is 2.27. The molecule has 1 aromatic rings. The number of anilines is 1. The fourth-order valence-corrected chi connectivity index (χ4v) is 1.81. The van der Waals surface area contributed by atoms with Gasteiger partial charge in [-0.1, -0.05) is 38.3 Å². The van der Waals surface area contributed by atoms with E-state index in [0.717, 1.165) is 19.4 Å². The molecule has 0 bridgehead atoms. The summed E-state index contributed by atoms with van der Waals surface area (Å²) in [6.45, 7) is 5.18. The third-order valence-electron chi connectivity index (χ3n) is 2.56. The summed E-state index contributed by atoms with van der Waals surface area (Å²) < 4.78 is 0. The Bertz CT molecular complexity index is 408. The SMILES string of the molecule is CC(C)CCCCNc1cc(C(=O)O)cc(Cl)n1. The maximum Gasteiger partial charge on any atom is 0.335 e. The lowest BCUT2D eigenvalue weighted by atomic mass is 10.1. The second-order valence-electron chi connectivity index (χ2n) is 4.69. The summed E-state index contributed by atoms with van der Waals surface area (Å²) in [5.41, 5.74) is 0.152. The van der Waals surface area contributed by atoms with E-state index in [9.17, 15) is 4.79 Å². The number of pyridine rings is 1. The molecule has 4 nitrogen and oxygen atoms in total. The number of aromatic carboxylic acids is 1. The van der Waals surface area contributed by atoms with E-state index in [-0.39, 0.29) is 10.7 Å². The second-order valence-corrected chi connectivity index (χ2v) is 5.07. The molecule has 0 atom stereocenters. The highest BCUT2D eigenvalue weighted by atomic mass is 35.5. The van der Waals surface area contributed by atoms with Crippen LogP contribution in [0, 0.1) is 5.92 Å². The van der Waals surface area contributed by atoms with Crippen LogP contribution in [0.3, 0.4) is 0 Å². The zero-order valence-corrected chi connectivity index (χ0v) is 11.5. The van der Waals surface area contributed by atoms with Crippen LogP contribution in [-0.2, 0) is 0 Å². The summed E-state index contributed by atoms with van der Waals surface area (Å²) in [6, 6.07) is 2.84. The van der Waals surface area contributed by atoms with Crippen molar-refractivity contribution >= 4 is 23.4 Å². The highest BCUT2D eigenvalue weighted by Crippen LogP contribution is 2.15. The molecule has 0 aromatic carbocycles. The monoisotopic (exact) mass is 270 g/mol. The lowest BCUT2D eigenvalue weighted by Gasteiger charge is -2.08. The molecule has 0 unspecified atom stereocenters. The first-order valence-corrected chi connectivity index (χ1v) is 6.51. The summed E-state index contributed by atoms with van der Waals surface area (Å²) in [5, 5.41) is 12.2. The fraction of sp³-hybridized carbons (Fsp3) is 0.538. The smallest absolute Gasteiger partial charge is 0.335 e. The Morgan fingerprint density at radius 1 is 1.44 bits per heavy atom. The number of rotatable bonds is 7. The predicted molar refractivity (Wildman–Crippen MR) is 73.4 cm³/mol. The van der Waals surface area contributed by atoms with Gasteiger partial charge < -0.3 is 10.4 Å². The minimum Gasteiger partial charge on any atom is -0.478 e. The second kappa shape index (κ2) is 7.21. The van der Waals surface area contributed by atoms with Crippen molar-refractivity contribution in [1.82, 2.24) is 4.98 Å². The van der Waals surface area contributed by atoms with Gasteiger partial charge in [-0.3, -0.25) is 0 Å². The number of carboxylic acids is 1. The predicted octanol–water partition coefficient (Wildman–Crippen LogP) is 3.67. The van der Waals surface area contributed by atoms with E-state index < -0.39 is 5.97 Å². The van der Waals surface area contributed by atoms with Crippen molar-refractivity contribution in [2.45, 2.75) is 33.1 Å². The Morgan fingerprint density at radius 3 is 2.78 bits per heavy atom. The third kappa shape index (κ3) is 5.36. The lowest BCUT2D eigenvalue weighted by Crippen LogP contribution is -2.06. The molecule has 0 amide bonds. The van der Waals surface area contributed by atoms with Crippen molar-refractivity contribution in [3.63, 3.8) is 0 Å². The molecule has 0 fully saturated rings. The van der Waals surface area contributed by atoms with Gasteiger partial charge in [-0.2, -0.15) is 0 Å². The van der Waals surface area contributed by atoms with Crippen molar-refractivity contribution < 1.29 is 9.90 Å². The Kier molecular flexibility index (Phi) is 5.92. The van der Waals surface area contributed by atoms with E-state index in [1.165, 1.54) is 18.6 Å². The number of unbranched alkanes of at least 4 members (excludes halogenated alkanes) is 1. The van der Waals surface area contributed by atoms with Gasteiger partial charge in [0.1, 0.15) is 11.0 Å². The van der Waals surface area contributed by atoms with Crippen molar-refractivity contribution in [3.8, 4) is 0 Å². The Balaban J connectivity index is 2.44. The van der Waals surface area contributed by atoms with E-state index in [1.54, 1.807) is 0 Å². The highest BCUT2D eigenvalue weighted by molar-refractivity contribution is 6.29. The average molecular weight is 271 g/mol. The minimum atomic E-state index is -0.998. The normalized spacial score (nSPS) is 10.7. The van der Waals surface area contributed by atoms with Gasteiger partial charge >= 0.3 is 5.97 Å². The van der Waals surface area contributed by atoms with Gasteiger partial charge in [-0.25, -0.2) is 9.78 Å². The van der Waals surface area contributed by atoms with Crippen molar-refractivity contribution in [2.24, 2.45) is 5.92 Å². The fourth-order valence-electron chi connectivity index (χ4n) is 1.60. The standard InChI is InChI=1S/C13H19ClN2O2/c1-9(2)5-3-4-6-15-12-8-10(13(17)18)7-11(14)16-12/h7-9H,3-6H2,1-2H3,(H,15,16)(H,17,18). The summed E-state index contributed by atoms with van der Waals surface area (Å²) in [7, 11) is 0. The molecule has 0 aliphatic rings. The van der Waals surface area contributed by atoms with Gasteiger partial charge in [0.25, 0.3) is 0 Å². The molecule has 18 heavy (non-hydrogen) atoms. The first-order chi connectivity index (χ1) is 8.49. The van der Waals surface area contributed by atoms with Gasteiger partial charge in [0.2, 0.25) is 0 Å². The van der Waals surface area contributed by atoms with E-state index >= 15 is 0 Å². The molecule has 1 aromatic heterocycles. The first-order valence-electron chi connectivity index (χ1n) is 6.14. The van der Waals surface area contributed by atoms with Gasteiger partial charge in [0, 0.05) is 6.54 Å². The number of hydrogen-bond donors (Lipinski definition) is 2. The van der Waals surface area contributed by atoms with Crippen molar-refractivity contribution in [3.05, 3.63) is 22.8 Å². The molecular formula is C13H19ClN2O2. The number of nitrogens with zero attached hydrogens (tertiary/aromatic N) is 1. The van der Waals surface area contributed by atoms with Crippen molar-refractivity contribution in [2.75, 3.05) is 11.9 Å².